The zero-order valence-corrected chi connectivity index (χ0v) is 74.4. The maximum absolute atomic E-state index is 7.29. The van der Waals surface area contributed by atoms with E-state index in [1.165, 1.54) is 98.2 Å². The molecule has 103 heavy (non-hydrogen) atoms. The van der Waals surface area contributed by atoms with E-state index in [1.807, 2.05) is 0 Å². The van der Waals surface area contributed by atoms with Crippen LogP contribution in [0.5, 0.6) is 0 Å². The molecule has 586 valence electrons. The Labute approximate surface area is 654 Å². The van der Waals surface area contributed by atoms with Crippen LogP contribution in [0.4, 0.5) is 0 Å². The van der Waals surface area contributed by atoms with Gasteiger partial charge in [-0.25, -0.2) is 0 Å². The molecule has 10 rings (SSSR count). The van der Waals surface area contributed by atoms with Crippen LogP contribution in [-0.4, -0.2) is 63.5 Å². The number of fused-ring (bicyclic) bond motifs is 4. The second-order valence-corrected chi connectivity index (χ2v) is 70.8. The van der Waals surface area contributed by atoms with E-state index in [1.54, 1.807) is 50.1 Å². The molecule has 6 atom stereocenters. The minimum atomic E-state index is -1.89. The molecule has 0 aromatic heterocycles. The summed E-state index contributed by atoms with van der Waals surface area (Å²) < 4.78 is 0. The summed E-state index contributed by atoms with van der Waals surface area (Å²) in [7, 11) is -8.76. The van der Waals surface area contributed by atoms with Gasteiger partial charge in [0.1, 0.15) is 0 Å². The van der Waals surface area contributed by atoms with Gasteiger partial charge in [0.25, 0.3) is 0 Å². The van der Waals surface area contributed by atoms with Crippen molar-refractivity contribution in [3.8, 4) is 0 Å². The van der Waals surface area contributed by atoms with Crippen molar-refractivity contribution >= 4 is 93.5 Å². The van der Waals surface area contributed by atoms with Gasteiger partial charge in [0.05, 0.1) is 8.07 Å². The van der Waals surface area contributed by atoms with E-state index in [0.29, 0.717) is 38.4 Å². The monoisotopic (exact) mass is 1550 g/mol. The van der Waals surface area contributed by atoms with Crippen LogP contribution < -0.4 is 0 Å². The highest BCUT2D eigenvalue weighted by Gasteiger charge is 2.52. The van der Waals surface area contributed by atoms with Gasteiger partial charge in [-0.2, -0.15) is 50.5 Å². The van der Waals surface area contributed by atoms with Crippen LogP contribution in [0.15, 0.2) is 148 Å². The molecule has 5 aromatic rings. The average molecular weight is 1550 g/mol. The van der Waals surface area contributed by atoms with E-state index in [4.69, 9.17) is 22.2 Å². The van der Waals surface area contributed by atoms with Crippen molar-refractivity contribution in [1.29, 1.82) is 0 Å². The molecule has 0 amide bonds. The highest BCUT2D eigenvalue weighted by atomic mass is 35.6. The van der Waals surface area contributed by atoms with Crippen LogP contribution in [-0.2, 0) is 6.42 Å². The van der Waals surface area contributed by atoms with Gasteiger partial charge in [0.15, 0.2) is 14.8 Å². The summed E-state index contributed by atoms with van der Waals surface area (Å²) in [6, 6.07) is 45.6. The Hall–Kier alpha value is -3.57. The Morgan fingerprint density at radius 1 is 0.408 bits per heavy atom. The van der Waals surface area contributed by atoms with Crippen LogP contribution in [0.1, 0.15) is 231 Å². The van der Waals surface area contributed by atoms with Gasteiger partial charge in [0, 0.05) is 40.8 Å². The van der Waals surface area contributed by atoms with Crippen LogP contribution in [0, 0.1) is 43.9 Å². The molecule has 6 unspecified atom stereocenters. The lowest BCUT2D eigenvalue weighted by molar-refractivity contribution is 0.456. The summed E-state index contributed by atoms with van der Waals surface area (Å²) in [4.78, 5) is 0. The van der Waals surface area contributed by atoms with Crippen LogP contribution in [0.25, 0.3) is 24.3 Å². The lowest BCUT2D eigenvalue weighted by Crippen LogP contribution is -2.47. The number of hydrogen-bond acceptors (Lipinski definition) is 0. The van der Waals surface area contributed by atoms with Gasteiger partial charge < -0.3 is 16.4 Å². The molecule has 0 radical (unpaired) electrons. The van der Waals surface area contributed by atoms with E-state index in [0.717, 1.165) is 12.1 Å². The largest absolute Gasteiger partial charge is 0.412 e. The second-order valence-electron chi connectivity index (χ2n) is 37.7. The zero-order valence-electron chi connectivity index (χ0n) is 66.8. The van der Waals surface area contributed by atoms with Crippen molar-refractivity contribution in [2.75, 3.05) is 0 Å². The van der Waals surface area contributed by atoms with Crippen LogP contribution in [0.3, 0.4) is 0 Å². The Morgan fingerprint density at radius 2 is 0.728 bits per heavy atom. The van der Waals surface area contributed by atoms with E-state index >= 15 is 0 Å². The molecule has 0 spiro atoms. The lowest BCUT2D eigenvalue weighted by Gasteiger charge is -2.46. The molecule has 0 fully saturated rings. The van der Waals surface area contributed by atoms with Crippen molar-refractivity contribution in [1.82, 2.24) is 0 Å². The minimum Gasteiger partial charge on any atom is -0.412 e. The fourth-order valence-corrected chi connectivity index (χ4v) is 42.5. The van der Waals surface area contributed by atoms with Crippen molar-refractivity contribution in [2.45, 2.75) is 319 Å². The number of benzene rings is 4. The molecule has 0 aliphatic heterocycles. The molecular formula is C92H161Cl2O3Si6-. The first kappa shape index (κ1) is 106. The highest BCUT2D eigenvalue weighted by Crippen LogP contribution is 2.59. The van der Waals surface area contributed by atoms with E-state index in [2.05, 4.69) is 331 Å². The number of hydrogen-bond donors (Lipinski definition) is 0. The maximum atomic E-state index is 7.29. The molecule has 5 aromatic carbocycles. The Kier molecular flexibility index (Phi) is 41.8. The first-order valence-corrected chi connectivity index (χ1v) is 57.6. The van der Waals surface area contributed by atoms with Crippen LogP contribution in [0.2, 0.25) is 120 Å². The van der Waals surface area contributed by atoms with E-state index in [9.17, 15) is 0 Å². The number of aryl methyl sites for hydroxylation is 2. The summed E-state index contributed by atoms with van der Waals surface area (Å²) in [5.41, 5.74) is 33.8. The van der Waals surface area contributed by atoms with Crippen LogP contribution >= 0.6 is 22.2 Å². The fraction of sp³-hybridized carbons (Fsp3) is 0.554. The standard InChI is InChI=1S/C26H38Si.2C19H31ClSi2.C13H18Si.C9H13.6CH4.3H2O/c1-10-21-15-22-13-11-12-14-23(22)25(21)27(9,16-26(6,7)8)24-19(4)17(2)18(3)20(24)5;2*1-19(2,3)14-22(7,20)18-16(13-21(4,5)6)12-15-10-8-9-11-17(15)18;1-14(2,3)10-11-8-12-6-4-5-7-13(12)9-11;1-6-5-7(2)9(4)8(6)3;;;;;;;;;/h11-15,24-25H,10,16H2,1-9H3;2*8-12,18H,13-14H2,1-7H3;4-8H,9-10H2,1-3H3;5H,1-4H3;6*1H4;3*1H2/q;;;;-1;;;;;;;;;. The molecule has 0 saturated carbocycles. The van der Waals surface area contributed by atoms with Gasteiger partial charge in [-0.3, -0.25) is 0 Å². The maximum Gasteiger partial charge on any atom is 0.165 e. The molecular weight excluding hydrogens is 1390 g/mol. The summed E-state index contributed by atoms with van der Waals surface area (Å²) >= 11 is 14.6. The minimum absolute atomic E-state index is 0. The van der Waals surface area contributed by atoms with Crippen molar-refractivity contribution in [3.05, 3.63) is 214 Å². The molecule has 0 saturated heterocycles. The highest BCUT2D eigenvalue weighted by molar-refractivity contribution is 7.21. The van der Waals surface area contributed by atoms with Gasteiger partial charge in [-0.05, 0) is 148 Å². The van der Waals surface area contributed by atoms with Crippen molar-refractivity contribution in [2.24, 2.45) is 16.2 Å². The van der Waals surface area contributed by atoms with Gasteiger partial charge in [-0.1, -0.05) is 381 Å². The summed E-state index contributed by atoms with van der Waals surface area (Å²) in [5, 5.41) is 0. The molecule has 0 heterocycles. The number of halogens is 2. The Morgan fingerprint density at radius 3 is 1.02 bits per heavy atom. The molecule has 5 aliphatic carbocycles. The smallest absolute Gasteiger partial charge is 0.165 e. The molecule has 0 bridgehead atoms. The lowest BCUT2D eigenvalue weighted by atomic mass is 10.0. The Balaban J connectivity index is -0.000000601. The van der Waals surface area contributed by atoms with E-state index in [-0.39, 0.29) is 61.0 Å². The second kappa shape index (κ2) is 40.7. The fourth-order valence-electron chi connectivity index (χ4n) is 17.6. The summed E-state index contributed by atoms with van der Waals surface area (Å²) in [6.45, 7) is 71.4. The average Bonchev–Trinajstić information content (AvgIpc) is 1.60. The third kappa shape index (κ3) is 28.4. The van der Waals surface area contributed by atoms with Gasteiger partial charge in [0.2, 0.25) is 0 Å². The summed E-state index contributed by atoms with van der Waals surface area (Å²) in [6.07, 6.45) is 12.2. The quantitative estimate of drug-likeness (QED) is 0.0602. The Bertz CT molecular complexity index is 3520. The topological polar surface area (TPSA) is 94.5 Å². The SMILES string of the molecule is C.C.C.C.C.C.CC(C)(C)C[Si](C)(Cl)C1C(C[Si](C)(C)C)=Cc2ccccc21.CC(C)(C)C[Si](C)(Cl)C1C(C[Si](C)(C)C)=Cc2ccccc21.CCC1=Cc2ccccc2C1[Si](C)(CC(C)(C)C)C1C(C)=C(C)C(C)=C1C.C[Si](C)(C)CC1=Cc2ccccc2C1.Cc1c[c-](C)c(C)c1C.O.O.O. The predicted octanol–water partition coefficient (Wildman–Crippen LogP) is 30.1. The zero-order chi connectivity index (χ0) is 70.9. The molecule has 11 heteroatoms. The van der Waals surface area contributed by atoms with Gasteiger partial charge in [-0.15, -0.1) is 0 Å². The first-order valence-electron chi connectivity index (χ1n) is 36.0. The normalized spacial score (nSPS) is 18.1. The molecule has 3 nitrogen and oxygen atoms in total. The van der Waals surface area contributed by atoms with Crippen molar-refractivity contribution < 1.29 is 16.4 Å². The third-order valence-electron chi connectivity index (χ3n) is 20.5. The molecule has 5 aliphatic rings. The third-order valence-corrected chi connectivity index (χ3v) is 40.3. The summed E-state index contributed by atoms with van der Waals surface area (Å²) in [5.74, 6) is 0. The number of allylic oxidation sites excluding steroid dienone is 8. The van der Waals surface area contributed by atoms with E-state index < -0.39 is 47.1 Å². The predicted molar refractivity (Wildman–Crippen MR) is 496 cm³/mol. The molecule has 6 N–H and O–H groups in total. The van der Waals surface area contributed by atoms with Gasteiger partial charge >= 0.3 is 0 Å². The first-order chi connectivity index (χ1) is 43.0. The number of rotatable bonds is 14. The van der Waals surface area contributed by atoms with Crippen molar-refractivity contribution in [3.63, 3.8) is 0 Å².